The first-order chi connectivity index (χ1) is 16.4. The Morgan fingerprint density at radius 2 is 1.94 bits per heavy atom. The quantitative estimate of drug-likeness (QED) is 0.219. The molecule has 1 fully saturated rings. The van der Waals surface area contributed by atoms with Crippen LogP contribution in [-0.2, 0) is 16.0 Å². The maximum absolute atomic E-state index is 13.2. The maximum Gasteiger partial charge on any atom is 0.277 e. The first-order valence-corrected chi connectivity index (χ1v) is 11.2. The molecule has 7 nitrogen and oxygen atoms in total. The minimum absolute atomic E-state index is 0.0570. The van der Waals surface area contributed by atoms with Crippen LogP contribution in [0.2, 0.25) is 10.0 Å². The number of nitrogens with one attached hydrogen (secondary N) is 2. The molecule has 0 bridgehead atoms. The molecular formula is C24H16Cl2N4O3S. The van der Waals surface area contributed by atoms with Crippen LogP contribution in [0.1, 0.15) is 11.3 Å². The number of carbonyl (C=O) groups excluding carboxylic acids is 2. The Morgan fingerprint density at radius 3 is 2.65 bits per heavy atom. The second kappa shape index (κ2) is 10.1. The molecule has 2 heterocycles. The van der Waals surface area contributed by atoms with Crippen LogP contribution >= 0.6 is 35.4 Å². The summed E-state index contributed by atoms with van der Waals surface area (Å²) in [7, 11) is 0. The number of furan rings is 1. The van der Waals surface area contributed by atoms with Crippen LogP contribution in [0.5, 0.6) is 0 Å². The lowest BCUT2D eigenvalue weighted by molar-refractivity contribution is -0.132. The van der Waals surface area contributed by atoms with Gasteiger partial charge in [0.2, 0.25) is 0 Å². The highest BCUT2D eigenvalue weighted by Crippen LogP contribution is 2.30. The fourth-order valence-electron chi connectivity index (χ4n) is 3.49. The third-order valence-electron chi connectivity index (χ3n) is 5.09. The number of hydrogen-bond acceptors (Lipinski definition) is 5. The molecule has 1 saturated heterocycles. The molecule has 170 valence electrons. The van der Waals surface area contributed by atoms with Gasteiger partial charge in [0.1, 0.15) is 23.3 Å². The highest BCUT2D eigenvalue weighted by molar-refractivity contribution is 7.80. The molecule has 2 N–H and O–H groups in total. The second-order valence-electron chi connectivity index (χ2n) is 7.30. The monoisotopic (exact) mass is 510 g/mol. The smallest absolute Gasteiger partial charge is 0.277 e. The fraction of sp³-hybridized carbons (Fsp3) is 0.0833. The zero-order chi connectivity index (χ0) is 24.2. The number of carbonyl (C=O) groups is 2. The number of hydrogen-bond donors (Lipinski definition) is 2. The van der Waals surface area contributed by atoms with Gasteiger partial charge in [0.05, 0.1) is 10.0 Å². The zero-order valence-corrected chi connectivity index (χ0v) is 19.7. The van der Waals surface area contributed by atoms with Crippen molar-refractivity contribution in [2.45, 2.75) is 12.5 Å². The molecule has 1 aliphatic rings. The Morgan fingerprint density at radius 1 is 1.18 bits per heavy atom. The summed E-state index contributed by atoms with van der Waals surface area (Å²) >= 11 is 17.4. The lowest BCUT2D eigenvalue weighted by Gasteiger charge is -2.24. The third kappa shape index (κ3) is 4.97. The molecule has 2 aromatic carbocycles. The van der Waals surface area contributed by atoms with Gasteiger partial charge in [-0.1, -0.05) is 53.5 Å². The van der Waals surface area contributed by atoms with Crippen molar-refractivity contribution in [2.24, 2.45) is 0 Å². The summed E-state index contributed by atoms with van der Waals surface area (Å²) in [6.07, 6.45) is 3.29. The van der Waals surface area contributed by atoms with Crippen LogP contribution in [0, 0.1) is 11.5 Å². The zero-order valence-electron chi connectivity index (χ0n) is 17.4. The molecule has 0 aliphatic carbocycles. The molecule has 34 heavy (non-hydrogen) atoms. The van der Waals surface area contributed by atoms with Crippen molar-refractivity contribution in [1.29, 1.82) is 5.26 Å². The predicted molar refractivity (Wildman–Crippen MR) is 132 cm³/mol. The van der Waals surface area contributed by atoms with E-state index in [-0.39, 0.29) is 17.2 Å². The second-order valence-corrected chi connectivity index (χ2v) is 8.50. The van der Waals surface area contributed by atoms with E-state index in [1.165, 1.54) is 11.0 Å². The van der Waals surface area contributed by atoms with E-state index in [0.717, 1.165) is 11.1 Å². The number of amides is 2. The van der Waals surface area contributed by atoms with E-state index in [9.17, 15) is 9.59 Å². The molecule has 1 aliphatic heterocycles. The topological polar surface area (TPSA) is 98.4 Å². The SMILES string of the molecule is N#CNC(=O)C(Cc1ccccc1)N1C(=O)/C(=C\c2ccc(-c3ccc(Cl)c(Cl)c3)o2)NC1=S. The summed E-state index contributed by atoms with van der Waals surface area (Å²) in [5.74, 6) is -0.218. The number of thiocarbonyl (C=S) groups is 1. The van der Waals surface area contributed by atoms with Crippen molar-refractivity contribution in [1.82, 2.24) is 15.5 Å². The van der Waals surface area contributed by atoms with Crippen LogP contribution in [0.15, 0.2) is 70.8 Å². The van der Waals surface area contributed by atoms with Gasteiger partial charge in [-0.25, -0.2) is 0 Å². The van der Waals surface area contributed by atoms with Crippen molar-refractivity contribution in [3.8, 4) is 17.5 Å². The first-order valence-electron chi connectivity index (χ1n) is 10.0. The summed E-state index contributed by atoms with van der Waals surface area (Å²) in [5, 5.41) is 14.8. The van der Waals surface area contributed by atoms with Crippen molar-refractivity contribution >= 4 is 58.4 Å². The van der Waals surface area contributed by atoms with Crippen molar-refractivity contribution in [3.63, 3.8) is 0 Å². The molecule has 0 spiro atoms. The minimum atomic E-state index is -1.01. The highest BCUT2D eigenvalue weighted by Gasteiger charge is 2.39. The summed E-state index contributed by atoms with van der Waals surface area (Å²) in [5.41, 5.74) is 1.67. The summed E-state index contributed by atoms with van der Waals surface area (Å²) in [6.45, 7) is 0. The summed E-state index contributed by atoms with van der Waals surface area (Å²) in [6, 6.07) is 16.7. The van der Waals surface area contributed by atoms with E-state index in [4.69, 9.17) is 45.1 Å². The summed E-state index contributed by atoms with van der Waals surface area (Å²) in [4.78, 5) is 27.0. The number of benzene rings is 2. The van der Waals surface area contributed by atoms with Crippen LogP contribution < -0.4 is 10.6 Å². The molecular weight excluding hydrogens is 495 g/mol. The molecule has 1 unspecified atom stereocenters. The van der Waals surface area contributed by atoms with Gasteiger partial charge in [-0.15, -0.1) is 0 Å². The lowest BCUT2D eigenvalue weighted by Crippen LogP contribution is -2.50. The van der Waals surface area contributed by atoms with Gasteiger partial charge in [-0.05, 0) is 48.1 Å². The molecule has 0 radical (unpaired) electrons. The average molecular weight is 511 g/mol. The predicted octanol–water partition coefficient (Wildman–Crippen LogP) is 4.52. The molecule has 1 aromatic heterocycles. The Bertz CT molecular complexity index is 1350. The number of nitrogens with zero attached hydrogens (tertiary/aromatic N) is 2. The molecule has 2 amide bonds. The van der Waals surface area contributed by atoms with E-state index in [0.29, 0.717) is 21.6 Å². The van der Waals surface area contributed by atoms with Crippen LogP contribution in [0.3, 0.4) is 0 Å². The van der Waals surface area contributed by atoms with Crippen molar-refractivity contribution in [2.75, 3.05) is 0 Å². The van der Waals surface area contributed by atoms with Crippen LogP contribution in [0.25, 0.3) is 17.4 Å². The Hall–Kier alpha value is -3.64. The van der Waals surface area contributed by atoms with Gasteiger partial charge in [0, 0.05) is 18.1 Å². The third-order valence-corrected chi connectivity index (χ3v) is 6.13. The molecule has 4 rings (SSSR count). The van der Waals surface area contributed by atoms with Crippen molar-refractivity contribution in [3.05, 3.63) is 87.7 Å². The van der Waals surface area contributed by atoms with Gasteiger partial charge in [-0.3, -0.25) is 19.8 Å². The van der Waals surface area contributed by atoms with E-state index < -0.39 is 17.9 Å². The fourth-order valence-corrected chi connectivity index (χ4v) is 4.10. The summed E-state index contributed by atoms with van der Waals surface area (Å²) < 4.78 is 5.83. The van der Waals surface area contributed by atoms with E-state index in [1.54, 1.807) is 36.5 Å². The average Bonchev–Trinajstić information content (AvgIpc) is 3.39. The van der Waals surface area contributed by atoms with E-state index >= 15 is 0 Å². The van der Waals surface area contributed by atoms with Gasteiger partial charge in [0.25, 0.3) is 11.8 Å². The molecule has 1 atom stereocenters. The Kier molecular flexibility index (Phi) is 6.98. The highest BCUT2D eigenvalue weighted by atomic mass is 35.5. The normalized spacial score (nSPS) is 15.2. The van der Waals surface area contributed by atoms with Gasteiger partial charge >= 0.3 is 0 Å². The maximum atomic E-state index is 13.2. The number of rotatable bonds is 6. The first kappa shape index (κ1) is 23.5. The van der Waals surface area contributed by atoms with Gasteiger partial charge in [-0.2, -0.15) is 5.26 Å². The Labute approximate surface area is 210 Å². The van der Waals surface area contributed by atoms with Crippen molar-refractivity contribution < 1.29 is 14.0 Å². The Balaban J connectivity index is 1.59. The minimum Gasteiger partial charge on any atom is -0.457 e. The van der Waals surface area contributed by atoms with E-state index in [2.05, 4.69) is 10.6 Å². The molecule has 10 heteroatoms. The van der Waals surface area contributed by atoms with E-state index in [1.807, 2.05) is 30.3 Å². The number of halogens is 2. The lowest BCUT2D eigenvalue weighted by atomic mass is 10.0. The largest absolute Gasteiger partial charge is 0.457 e. The number of nitriles is 1. The van der Waals surface area contributed by atoms with Gasteiger partial charge in [0.15, 0.2) is 11.3 Å². The van der Waals surface area contributed by atoms with Gasteiger partial charge < -0.3 is 9.73 Å². The molecule has 3 aromatic rings. The van der Waals surface area contributed by atoms with Crippen LogP contribution in [-0.4, -0.2) is 27.9 Å². The van der Waals surface area contributed by atoms with Crippen LogP contribution in [0.4, 0.5) is 0 Å². The molecule has 0 saturated carbocycles. The standard InChI is InChI=1S/C24H16Cl2N4O3S/c25-17-8-6-15(11-18(17)26)21-9-7-16(33-21)12-19-23(32)30(24(34)29-19)20(22(31)28-13-27)10-14-4-2-1-3-5-14/h1-9,11-12,20H,10H2,(H,28,31)(H,29,34)/b19-12+.